The van der Waals surface area contributed by atoms with E-state index in [0.29, 0.717) is 30.5 Å². The molecule has 0 aliphatic carbocycles. The molecule has 0 bridgehead atoms. The number of nitrogens with zero attached hydrogens (tertiary/aromatic N) is 3. The minimum Gasteiger partial charge on any atom is -0.493 e. The van der Waals surface area contributed by atoms with Crippen molar-refractivity contribution in [1.82, 2.24) is 20.2 Å². The number of nitrogens with one attached hydrogen (secondary N) is 2. The van der Waals surface area contributed by atoms with Crippen LogP contribution in [0.4, 0.5) is 5.82 Å². The molecule has 7 heteroatoms. The number of H-pyrrole nitrogens is 1. The lowest BCUT2D eigenvalue weighted by Crippen LogP contribution is -2.05. The Morgan fingerprint density at radius 2 is 1.74 bits per heavy atom. The van der Waals surface area contributed by atoms with Crippen LogP contribution in [0.25, 0.3) is 22.0 Å². The molecule has 0 saturated heterocycles. The van der Waals surface area contributed by atoms with Gasteiger partial charge in [-0.1, -0.05) is 48.5 Å². The molecule has 5 aromatic rings. The van der Waals surface area contributed by atoms with Gasteiger partial charge in [0.05, 0.1) is 18.8 Å². The molecule has 0 fully saturated rings. The van der Waals surface area contributed by atoms with Crippen molar-refractivity contribution in [2.45, 2.75) is 20.1 Å². The molecule has 0 aliphatic rings. The molecule has 0 radical (unpaired) electrons. The van der Waals surface area contributed by atoms with Crippen LogP contribution < -0.4 is 14.8 Å². The van der Waals surface area contributed by atoms with Gasteiger partial charge in [-0.3, -0.25) is 5.10 Å². The van der Waals surface area contributed by atoms with Gasteiger partial charge in [0.15, 0.2) is 11.5 Å². The van der Waals surface area contributed by atoms with E-state index in [-0.39, 0.29) is 0 Å². The van der Waals surface area contributed by atoms with Crippen molar-refractivity contribution < 1.29 is 9.47 Å². The number of methoxy groups -OCH3 is 1. The number of aromatic nitrogens is 4. The van der Waals surface area contributed by atoms with Gasteiger partial charge in [-0.2, -0.15) is 5.10 Å². The number of benzene rings is 3. The largest absolute Gasteiger partial charge is 0.493 e. The number of rotatable bonds is 8. The van der Waals surface area contributed by atoms with E-state index >= 15 is 0 Å². The molecule has 2 heterocycles. The van der Waals surface area contributed by atoms with Crippen molar-refractivity contribution in [2.75, 3.05) is 12.4 Å². The molecule has 5 rings (SSSR count). The monoisotopic (exact) mass is 451 g/mol. The SMILES string of the molecule is COc1cc2nc(C)nc(NCc3cccc(-c4cn[nH]c4)c3)c2cc1OCc1ccccc1. The summed E-state index contributed by atoms with van der Waals surface area (Å²) in [5.41, 5.74) is 5.18. The summed E-state index contributed by atoms with van der Waals surface area (Å²) in [7, 11) is 1.64. The molecule has 7 nitrogen and oxygen atoms in total. The van der Waals surface area contributed by atoms with E-state index in [9.17, 15) is 0 Å². The third-order valence-corrected chi connectivity index (χ3v) is 5.55. The van der Waals surface area contributed by atoms with Crippen LogP contribution in [-0.2, 0) is 13.2 Å². The molecular weight excluding hydrogens is 426 g/mol. The predicted octanol–water partition coefficient (Wildman–Crippen LogP) is 5.53. The summed E-state index contributed by atoms with van der Waals surface area (Å²) in [5, 5.41) is 11.3. The molecule has 0 spiro atoms. The summed E-state index contributed by atoms with van der Waals surface area (Å²) in [6.07, 6.45) is 3.70. The van der Waals surface area contributed by atoms with Gasteiger partial charge in [0.2, 0.25) is 0 Å². The molecule has 2 aromatic heterocycles. The smallest absolute Gasteiger partial charge is 0.162 e. The second kappa shape index (κ2) is 9.62. The fraction of sp³-hybridized carbons (Fsp3) is 0.148. The topological polar surface area (TPSA) is 85.0 Å². The maximum atomic E-state index is 6.11. The van der Waals surface area contributed by atoms with Crippen molar-refractivity contribution in [1.29, 1.82) is 0 Å². The van der Waals surface area contributed by atoms with Gasteiger partial charge in [-0.15, -0.1) is 0 Å². The standard InChI is InChI=1S/C27H25N5O2/c1-18-31-24-13-25(33-2)26(34-17-19-7-4-3-5-8-19)12-23(24)27(32-18)28-14-20-9-6-10-21(11-20)22-15-29-30-16-22/h3-13,15-16H,14,17H2,1-2H3,(H,29,30)(H,28,31,32). The van der Waals surface area contributed by atoms with E-state index in [0.717, 1.165) is 39.0 Å². The molecule has 0 amide bonds. The third-order valence-electron chi connectivity index (χ3n) is 5.55. The average molecular weight is 452 g/mol. The summed E-state index contributed by atoms with van der Waals surface area (Å²) >= 11 is 0. The number of ether oxygens (including phenoxy) is 2. The van der Waals surface area contributed by atoms with Gasteiger partial charge in [0.1, 0.15) is 18.2 Å². The van der Waals surface area contributed by atoms with Crippen LogP contribution in [0.5, 0.6) is 11.5 Å². The first-order valence-corrected chi connectivity index (χ1v) is 11.0. The van der Waals surface area contributed by atoms with Crippen molar-refractivity contribution in [3.63, 3.8) is 0 Å². The Morgan fingerprint density at radius 3 is 2.53 bits per heavy atom. The lowest BCUT2D eigenvalue weighted by Gasteiger charge is -2.15. The number of hydrogen-bond acceptors (Lipinski definition) is 6. The molecule has 3 aromatic carbocycles. The molecule has 0 aliphatic heterocycles. The molecular formula is C27H25N5O2. The van der Waals surface area contributed by atoms with Crippen LogP contribution in [0, 0.1) is 6.92 Å². The Balaban J connectivity index is 1.43. The van der Waals surface area contributed by atoms with E-state index in [2.05, 4.69) is 43.7 Å². The van der Waals surface area contributed by atoms with Crippen LogP contribution >= 0.6 is 0 Å². The summed E-state index contributed by atoms with van der Waals surface area (Å²) in [6.45, 7) is 2.94. The minimum absolute atomic E-state index is 0.443. The number of hydrogen-bond donors (Lipinski definition) is 2. The first-order valence-electron chi connectivity index (χ1n) is 11.0. The molecule has 170 valence electrons. The van der Waals surface area contributed by atoms with Gasteiger partial charge in [0.25, 0.3) is 0 Å². The fourth-order valence-electron chi connectivity index (χ4n) is 3.85. The summed E-state index contributed by atoms with van der Waals surface area (Å²) in [5.74, 6) is 2.72. The molecule has 0 atom stereocenters. The highest BCUT2D eigenvalue weighted by Crippen LogP contribution is 2.35. The van der Waals surface area contributed by atoms with Gasteiger partial charge in [-0.25, -0.2) is 9.97 Å². The zero-order chi connectivity index (χ0) is 23.3. The van der Waals surface area contributed by atoms with Gasteiger partial charge in [0, 0.05) is 29.8 Å². The second-order valence-electron chi connectivity index (χ2n) is 7.95. The highest BCUT2D eigenvalue weighted by atomic mass is 16.5. The van der Waals surface area contributed by atoms with Gasteiger partial charge >= 0.3 is 0 Å². The maximum absolute atomic E-state index is 6.11. The molecule has 0 saturated carbocycles. The first kappa shape index (κ1) is 21.5. The van der Waals surface area contributed by atoms with Crippen molar-refractivity contribution in [3.05, 3.63) is 96.1 Å². The Bertz CT molecular complexity index is 1400. The van der Waals surface area contributed by atoms with Crippen LogP contribution in [0.15, 0.2) is 79.1 Å². The van der Waals surface area contributed by atoms with Gasteiger partial charge in [-0.05, 0) is 35.7 Å². The highest BCUT2D eigenvalue weighted by Gasteiger charge is 2.13. The van der Waals surface area contributed by atoms with E-state index < -0.39 is 0 Å². The normalized spacial score (nSPS) is 10.9. The van der Waals surface area contributed by atoms with Crippen LogP contribution in [0.1, 0.15) is 17.0 Å². The Morgan fingerprint density at radius 1 is 0.882 bits per heavy atom. The van der Waals surface area contributed by atoms with Crippen LogP contribution in [0.2, 0.25) is 0 Å². The molecule has 34 heavy (non-hydrogen) atoms. The summed E-state index contributed by atoms with van der Waals surface area (Å²) < 4.78 is 11.7. The second-order valence-corrected chi connectivity index (χ2v) is 7.95. The molecule has 0 unspecified atom stereocenters. The first-order chi connectivity index (χ1) is 16.7. The fourth-order valence-corrected chi connectivity index (χ4v) is 3.85. The zero-order valence-corrected chi connectivity index (χ0v) is 19.1. The van der Waals surface area contributed by atoms with Crippen molar-refractivity contribution in [3.8, 4) is 22.6 Å². The number of fused-ring (bicyclic) bond motifs is 1. The Kier molecular flexibility index (Phi) is 6.07. The number of anilines is 1. The number of aryl methyl sites for hydroxylation is 1. The zero-order valence-electron chi connectivity index (χ0n) is 19.1. The van der Waals surface area contributed by atoms with Crippen LogP contribution in [-0.4, -0.2) is 27.3 Å². The average Bonchev–Trinajstić information content (AvgIpc) is 3.41. The number of aromatic amines is 1. The van der Waals surface area contributed by atoms with E-state index in [1.165, 1.54) is 0 Å². The highest BCUT2D eigenvalue weighted by molar-refractivity contribution is 5.91. The third kappa shape index (κ3) is 4.68. The quantitative estimate of drug-likeness (QED) is 0.323. The van der Waals surface area contributed by atoms with Crippen LogP contribution in [0.3, 0.4) is 0 Å². The minimum atomic E-state index is 0.443. The molecule has 2 N–H and O–H groups in total. The van der Waals surface area contributed by atoms with Crippen molar-refractivity contribution in [2.24, 2.45) is 0 Å². The summed E-state index contributed by atoms with van der Waals surface area (Å²) in [6, 6.07) is 22.2. The lowest BCUT2D eigenvalue weighted by molar-refractivity contribution is 0.285. The summed E-state index contributed by atoms with van der Waals surface area (Å²) in [4.78, 5) is 9.28. The maximum Gasteiger partial charge on any atom is 0.162 e. The van der Waals surface area contributed by atoms with E-state index in [1.54, 1.807) is 7.11 Å². The van der Waals surface area contributed by atoms with E-state index in [1.807, 2.05) is 67.8 Å². The lowest BCUT2D eigenvalue weighted by atomic mass is 10.1. The Labute approximate surface area is 197 Å². The van der Waals surface area contributed by atoms with Crippen molar-refractivity contribution >= 4 is 16.7 Å². The Hall–Kier alpha value is -4.39. The van der Waals surface area contributed by atoms with Gasteiger partial charge < -0.3 is 14.8 Å². The predicted molar refractivity (Wildman–Crippen MR) is 133 cm³/mol. The van der Waals surface area contributed by atoms with E-state index in [4.69, 9.17) is 9.47 Å².